The summed E-state index contributed by atoms with van der Waals surface area (Å²) in [7, 11) is -3.60. The second-order valence-corrected chi connectivity index (χ2v) is 6.98. The van der Waals surface area contributed by atoms with Crippen molar-refractivity contribution in [2.24, 2.45) is 0 Å². The summed E-state index contributed by atoms with van der Waals surface area (Å²) in [6.45, 7) is 4.00. The van der Waals surface area contributed by atoms with Crippen LogP contribution in [0.2, 0.25) is 0 Å². The summed E-state index contributed by atoms with van der Waals surface area (Å²) in [5, 5.41) is 0. The fourth-order valence-electron chi connectivity index (χ4n) is 2.26. The quantitative estimate of drug-likeness (QED) is 0.904. The maximum Gasteiger partial charge on any atom is 0.242 e. The van der Waals surface area contributed by atoms with E-state index in [2.05, 4.69) is 20.7 Å². The number of amides is 1. The smallest absolute Gasteiger partial charge is 0.242 e. The summed E-state index contributed by atoms with van der Waals surface area (Å²) < 4.78 is 27.7. The fourth-order valence-corrected chi connectivity index (χ4v) is 4.23. The molecule has 0 saturated carbocycles. The third kappa shape index (κ3) is 2.68. The number of hydrogen-bond acceptors (Lipinski definition) is 3. The highest BCUT2D eigenvalue weighted by molar-refractivity contribution is 9.10. The van der Waals surface area contributed by atoms with E-state index in [1.165, 1.54) is 17.9 Å². The number of carbonyl (C=O) groups is 1. The molecule has 104 valence electrons. The monoisotopic (exact) mass is 346 g/mol. The zero-order valence-corrected chi connectivity index (χ0v) is 13.1. The van der Waals surface area contributed by atoms with Crippen molar-refractivity contribution in [3.8, 4) is 0 Å². The predicted octanol–water partition coefficient (Wildman–Crippen LogP) is 1.66. The lowest BCUT2D eigenvalue weighted by Crippen LogP contribution is -2.30. The van der Waals surface area contributed by atoms with E-state index in [0.29, 0.717) is 29.7 Å². The Labute approximate surface area is 121 Å². The maximum atomic E-state index is 12.2. The third-order valence-electron chi connectivity index (χ3n) is 3.00. The Kier molecular flexibility index (Phi) is 3.98. The van der Waals surface area contributed by atoms with Crippen molar-refractivity contribution < 1.29 is 13.2 Å². The summed E-state index contributed by atoms with van der Waals surface area (Å²) in [5.41, 5.74) is 1.39. The summed E-state index contributed by atoms with van der Waals surface area (Å²) in [6.07, 6.45) is 0.670. The highest BCUT2D eigenvalue weighted by Gasteiger charge is 2.30. The van der Waals surface area contributed by atoms with Crippen molar-refractivity contribution in [3.63, 3.8) is 0 Å². The molecular weight excluding hydrogens is 332 g/mol. The Morgan fingerprint density at radius 1 is 1.47 bits per heavy atom. The third-order valence-corrected chi connectivity index (χ3v) is 5.01. The number of halogens is 1. The molecule has 0 fully saturated rings. The number of nitrogens with zero attached hydrogens (tertiary/aromatic N) is 1. The van der Waals surface area contributed by atoms with Crippen LogP contribution in [0, 0.1) is 0 Å². The molecule has 1 heterocycles. The van der Waals surface area contributed by atoms with Crippen molar-refractivity contribution >= 4 is 37.5 Å². The molecule has 19 heavy (non-hydrogen) atoms. The van der Waals surface area contributed by atoms with E-state index >= 15 is 0 Å². The van der Waals surface area contributed by atoms with Gasteiger partial charge in [-0.3, -0.25) is 4.79 Å². The van der Waals surface area contributed by atoms with Gasteiger partial charge in [0.1, 0.15) is 4.90 Å². The van der Waals surface area contributed by atoms with Gasteiger partial charge < -0.3 is 4.90 Å². The minimum atomic E-state index is -3.60. The molecule has 2 rings (SSSR count). The summed E-state index contributed by atoms with van der Waals surface area (Å²) in [6, 6.07) is 3.40. The molecule has 1 aromatic carbocycles. The normalized spacial score (nSPS) is 14.6. The number of benzene rings is 1. The van der Waals surface area contributed by atoms with E-state index in [4.69, 9.17) is 0 Å². The standard InChI is InChI=1S/C12H15BrN2O3S/c1-3-14-19(17,18)11-7-10(13)6-9-4-5-15(8(2)16)12(9)11/h6-7,14H,3-5H2,1-2H3. The second kappa shape index (κ2) is 5.22. The lowest BCUT2D eigenvalue weighted by molar-refractivity contribution is -0.116. The number of anilines is 1. The van der Waals surface area contributed by atoms with Crippen molar-refractivity contribution in [1.82, 2.24) is 4.72 Å². The van der Waals surface area contributed by atoms with Crippen LogP contribution in [-0.2, 0) is 21.2 Å². The maximum absolute atomic E-state index is 12.2. The average Bonchev–Trinajstić information content (AvgIpc) is 2.71. The molecule has 1 N–H and O–H groups in total. The Morgan fingerprint density at radius 2 is 2.16 bits per heavy atom. The van der Waals surface area contributed by atoms with E-state index < -0.39 is 10.0 Å². The minimum Gasteiger partial charge on any atom is -0.311 e. The Bertz CT molecular complexity index is 628. The molecule has 0 unspecified atom stereocenters. The van der Waals surface area contributed by atoms with Gasteiger partial charge in [-0.2, -0.15) is 0 Å². The number of carbonyl (C=O) groups excluding carboxylic acids is 1. The van der Waals surface area contributed by atoms with E-state index in [9.17, 15) is 13.2 Å². The van der Waals surface area contributed by atoms with Crippen molar-refractivity contribution in [3.05, 3.63) is 22.2 Å². The lowest BCUT2D eigenvalue weighted by Gasteiger charge is -2.19. The van der Waals surface area contributed by atoms with Crippen LogP contribution in [0.5, 0.6) is 0 Å². The molecule has 1 aliphatic rings. The topological polar surface area (TPSA) is 66.5 Å². The molecule has 0 radical (unpaired) electrons. The van der Waals surface area contributed by atoms with Crippen LogP contribution in [0.1, 0.15) is 19.4 Å². The number of fused-ring (bicyclic) bond motifs is 1. The van der Waals surface area contributed by atoms with Crippen LogP contribution in [-0.4, -0.2) is 27.4 Å². The van der Waals surface area contributed by atoms with Crippen LogP contribution in [0.4, 0.5) is 5.69 Å². The van der Waals surface area contributed by atoms with E-state index in [0.717, 1.165) is 5.56 Å². The predicted molar refractivity (Wildman–Crippen MR) is 76.7 cm³/mol. The first kappa shape index (κ1) is 14.5. The second-order valence-electron chi connectivity index (χ2n) is 4.33. The van der Waals surface area contributed by atoms with Crippen LogP contribution in [0.15, 0.2) is 21.5 Å². The number of rotatable bonds is 3. The van der Waals surface area contributed by atoms with Crippen molar-refractivity contribution in [2.45, 2.75) is 25.2 Å². The molecule has 1 aromatic rings. The van der Waals surface area contributed by atoms with E-state index in [1.54, 1.807) is 6.92 Å². The first-order chi connectivity index (χ1) is 8.86. The van der Waals surface area contributed by atoms with Gasteiger partial charge in [0.15, 0.2) is 0 Å². The highest BCUT2D eigenvalue weighted by Crippen LogP contribution is 2.37. The van der Waals surface area contributed by atoms with Crippen LogP contribution < -0.4 is 9.62 Å². The number of hydrogen-bond donors (Lipinski definition) is 1. The highest BCUT2D eigenvalue weighted by atomic mass is 79.9. The number of nitrogens with one attached hydrogen (secondary N) is 1. The SMILES string of the molecule is CCNS(=O)(=O)c1cc(Br)cc2c1N(C(C)=O)CC2. The van der Waals surface area contributed by atoms with Gasteiger partial charge in [-0.05, 0) is 24.1 Å². The van der Waals surface area contributed by atoms with Gasteiger partial charge in [0, 0.05) is 24.5 Å². The molecule has 0 atom stereocenters. The molecule has 0 aromatic heterocycles. The molecule has 0 saturated heterocycles. The lowest BCUT2D eigenvalue weighted by atomic mass is 10.2. The Hall–Kier alpha value is -0.920. The molecular formula is C12H15BrN2O3S. The van der Waals surface area contributed by atoms with Gasteiger partial charge >= 0.3 is 0 Å². The molecule has 0 aliphatic carbocycles. The van der Waals surface area contributed by atoms with Gasteiger partial charge in [-0.25, -0.2) is 13.1 Å². The summed E-state index contributed by atoms with van der Waals surface area (Å²) >= 11 is 3.32. The van der Waals surface area contributed by atoms with Crippen LogP contribution >= 0.6 is 15.9 Å². The largest absolute Gasteiger partial charge is 0.311 e. The van der Waals surface area contributed by atoms with Crippen molar-refractivity contribution in [2.75, 3.05) is 18.0 Å². The van der Waals surface area contributed by atoms with Gasteiger partial charge in [-0.15, -0.1) is 0 Å². The van der Waals surface area contributed by atoms with Crippen molar-refractivity contribution in [1.29, 1.82) is 0 Å². The number of sulfonamides is 1. The zero-order chi connectivity index (χ0) is 14.2. The molecule has 5 nitrogen and oxygen atoms in total. The molecule has 1 amide bonds. The van der Waals surface area contributed by atoms with Gasteiger partial charge in [0.2, 0.25) is 15.9 Å². The fraction of sp³-hybridized carbons (Fsp3) is 0.417. The Morgan fingerprint density at radius 3 is 2.74 bits per heavy atom. The van der Waals surface area contributed by atoms with Gasteiger partial charge in [-0.1, -0.05) is 22.9 Å². The van der Waals surface area contributed by atoms with Crippen LogP contribution in [0.3, 0.4) is 0 Å². The first-order valence-electron chi connectivity index (χ1n) is 5.97. The van der Waals surface area contributed by atoms with E-state index in [1.807, 2.05) is 6.07 Å². The minimum absolute atomic E-state index is 0.144. The zero-order valence-electron chi connectivity index (χ0n) is 10.7. The first-order valence-corrected chi connectivity index (χ1v) is 8.24. The van der Waals surface area contributed by atoms with Crippen LogP contribution in [0.25, 0.3) is 0 Å². The summed E-state index contributed by atoms with van der Waals surface area (Å²) in [5.74, 6) is -0.144. The molecule has 7 heteroatoms. The average molecular weight is 347 g/mol. The molecule has 1 aliphatic heterocycles. The summed E-state index contributed by atoms with van der Waals surface area (Å²) in [4.78, 5) is 13.3. The van der Waals surface area contributed by atoms with Gasteiger partial charge in [0.05, 0.1) is 5.69 Å². The Balaban J connectivity index is 2.65. The van der Waals surface area contributed by atoms with E-state index in [-0.39, 0.29) is 10.8 Å². The van der Waals surface area contributed by atoms with Gasteiger partial charge in [0.25, 0.3) is 0 Å². The molecule has 0 bridgehead atoms. The molecule has 0 spiro atoms.